The highest BCUT2D eigenvalue weighted by Gasteiger charge is 2.25. The number of hydrogen-bond acceptors (Lipinski definition) is 6. The Morgan fingerprint density at radius 2 is 1.85 bits per heavy atom. The fourth-order valence-electron chi connectivity index (χ4n) is 3.67. The van der Waals surface area contributed by atoms with Crippen LogP contribution >= 0.6 is 11.6 Å². The Morgan fingerprint density at radius 1 is 1.09 bits per heavy atom. The van der Waals surface area contributed by atoms with E-state index in [4.69, 9.17) is 26.8 Å². The maximum atomic E-state index is 13.0. The maximum Gasteiger partial charge on any atom is 0.338 e. The summed E-state index contributed by atoms with van der Waals surface area (Å²) in [7, 11) is 0. The number of nitrogen functional groups attached to an aromatic ring is 1. The summed E-state index contributed by atoms with van der Waals surface area (Å²) in [5.74, 6) is 0.920. The first-order valence-electron chi connectivity index (χ1n) is 10.6. The smallest absolute Gasteiger partial charge is 0.338 e. The number of esters is 1. The molecule has 0 spiro atoms. The van der Waals surface area contributed by atoms with E-state index in [1.54, 1.807) is 43.3 Å². The van der Waals surface area contributed by atoms with Crippen LogP contribution in [0.5, 0.6) is 11.5 Å². The van der Waals surface area contributed by atoms with Gasteiger partial charge < -0.3 is 19.8 Å². The lowest BCUT2D eigenvalue weighted by Crippen LogP contribution is -2.21. The molecule has 0 bridgehead atoms. The minimum atomic E-state index is -0.462. The van der Waals surface area contributed by atoms with Gasteiger partial charge in [0.2, 0.25) is 0 Å². The van der Waals surface area contributed by atoms with Crippen LogP contribution in [0, 0.1) is 0 Å². The third kappa shape index (κ3) is 4.50. The number of hydrogen-bond donors (Lipinski definition) is 1. The molecule has 4 aromatic rings. The van der Waals surface area contributed by atoms with Gasteiger partial charge in [-0.2, -0.15) is 0 Å². The van der Waals surface area contributed by atoms with Crippen LogP contribution in [0.15, 0.2) is 55.0 Å². The molecule has 0 radical (unpaired) electrons. The van der Waals surface area contributed by atoms with Gasteiger partial charge in [0, 0.05) is 22.3 Å². The average Bonchev–Trinajstić information content (AvgIpc) is 3.15. The first-order chi connectivity index (χ1) is 15.7. The third-order valence-corrected chi connectivity index (χ3v) is 5.38. The summed E-state index contributed by atoms with van der Waals surface area (Å²) in [6.07, 6.45) is 3.39. The van der Waals surface area contributed by atoms with Crippen molar-refractivity contribution in [2.75, 3.05) is 12.3 Å². The molecule has 170 valence electrons. The Morgan fingerprint density at radius 3 is 2.55 bits per heavy atom. The lowest BCUT2D eigenvalue weighted by Gasteiger charge is -2.21. The fourth-order valence-corrected chi connectivity index (χ4v) is 3.85. The number of anilines is 1. The molecule has 2 heterocycles. The molecule has 0 fully saturated rings. The summed E-state index contributed by atoms with van der Waals surface area (Å²) >= 11 is 6.07. The Bertz CT molecular complexity index is 1340. The van der Waals surface area contributed by atoms with Crippen molar-refractivity contribution >= 4 is 34.4 Å². The van der Waals surface area contributed by atoms with Crippen LogP contribution in [0.3, 0.4) is 0 Å². The molecule has 0 aliphatic carbocycles. The minimum Gasteiger partial charge on any atom is -0.462 e. The molecule has 0 saturated carbocycles. The maximum absolute atomic E-state index is 13.0. The predicted molar refractivity (Wildman–Crippen MR) is 130 cm³/mol. The molecule has 2 aromatic carbocycles. The van der Waals surface area contributed by atoms with Crippen molar-refractivity contribution in [3.8, 4) is 22.6 Å². The number of nitrogens with zero attached hydrogens (tertiary/aromatic N) is 3. The molecule has 0 unspecified atom stereocenters. The van der Waals surface area contributed by atoms with Gasteiger partial charge in [0.1, 0.15) is 29.3 Å². The van der Waals surface area contributed by atoms with Crippen molar-refractivity contribution in [1.29, 1.82) is 0 Å². The summed E-state index contributed by atoms with van der Waals surface area (Å²) in [6, 6.07) is 12.3. The van der Waals surface area contributed by atoms with Crippen LogP contribution in [0.2, 0.25) is 5.02 Å². The molecule has 7 nitrogen and oxygen atoms in total. The first kappa shape index (κ1) is 22.6. The van der Waals surface area contributed by atoms with E-state index >= 15 is 0 Å². The van der Waals surface area contributed by atoms with E-state index in [0.717, 1.165) is 5.56 Å². The third-order valence-electron chi connectivity index (χ3n) is 5.14. The van der Waals surface area contributed by atoms with Crippen LogP contribution in [0.1, 0.15) is 38.1 Å². The fraction of sp³-hybridized carbons (Fsp3) is 0.240. The number of carbonyl (C=O) groups is 1. The van der Waals surface area contributed by atoms with Gasteiger partial charge in [0.25, 0.3) is 0 Å². The number of benzene rings is 2. The minimum absolute atomic E-state index is 0.243. The van der Waals surface area contributed by atoms with E-state index < -0.39 is 5.97 Å². The Hall–Kier alpha value is -3.58. The standard InChI is InChI=1S/C25H25ClN4O3/c1-5-32-24(31)19-12-17(33-16-8-6-7-15(26)11-16)9-10-18(19)20-13-30(25(2,3)4)23-21(20)22(27)28-14-29-23/h6-14H,5H2,1-4H3,(H2,27,28,29). The van der Waals surface area contributed by atoms with E-state index in [1.807, 2.05) is 16.8 Å². The highest BCUT2D eigenvalue weighted by molar-refractivity contribution is 6.30. The summed E-state index contributed by atoms with van der Waals surface area (Å²) in [6.45, 7) is 8.22. The zero-order valence-corrected chi connectivity index (χ0v) is 19.7. The second-order valence-electron chi connectivity index (χ2n) is 8.53. The topological polar surface area (TPSA) is 92.3 Å². The van der Waals surface area contributed by atoms with E-state index in [1.165, 1.54) is 6.33 Å². The van der Waals surface area contributed by atoms with Gasteiger partial charge in [-0.05, 0) is 69.7 Å². The average molecular weight is 465 g/mol. The molecule has 0 atom stereocenters. The molecule has 4 rings (SSSR count). The molecule has 0 saturated heterocycles. The van der Waals surface area contributed by atoms with Crippen molar-refractivity contribution in [3.63, 3.8) is 0 Å². The number of aromatic nitrogens is 3. The summed E-state index contributed by atoms with van der Waals surface area (Å²) < 4.78 is 13.3. The summed E-state index contributed by atoms with van der Waals surface area (Å²) in [4.78, 5) is 21.6. The molecule has 8 heteroatoms. The second kappa shape index (κ2) is 8.75. The van der Waals surface area contributed by atoms with Gasteiger partial charge in [-0.15, -0.1) is 0 Å². The van der Waals surface area contributed by atoms with Crippen molar-refractivity contribution in [1.82, 2.24) is 14.5 Å². The molecule has 0 aliphatic rings. The van der Waals surface area contributed by atoms with Gasteiger partial charge >= 0.3 is 5.97 Å². The monoisotopic (exact) mass is 464 g/mol. The van der Waals surface area contributed by atoms with Crippen molar-refractivity contribution in [3.05, 3.63) is 65.6 Å². The SMILES string of the molecule is CCOC(=O)c1cc(Oc2cccc(Cl)c2)ccc1-c1cn(C(C)(C)C)c2ncnc(N)c12. The lowest BCUT2D eigenvalue weighted by atomic mass is 9.99. The number of fused-ring (bicyclic) bond motifs is 1. The largest absolute Gasteiger partial charge is 0.462 e. The zero-order chi connectivity index (χ0) is 23.8. The van der Waals surface area contributed by atoms with Crippen LogP contribution in [-0.4, -0.2) is 27.1 Å². The number of rotatable bonds is 5. The number of halogens is 1. The molecule has 2 aromatic heterocycles. The highest BCUT2D eigenvalue weighted by atomic mass is 35.5. The van der Waals surface area contributed by atoms with E-state index in [0.29, 0.717) is 44.5 Å². The predicted octanol–water partition coefficient (Wildman–Crippen LogP) is 6.06. The quantitative estimate of drug-likeness (QED) is 0.361. The van der Waals surface area contributed by atoms with Crippen LogP contribution < -0.4 is 10.5 Å². The summed E-state index contributed by atoms with van der Waals surface area (Å²) in [5, 5.41) is 1.24. The van der Waals surface area contributed by atoms with Crippen molar-refractivity contribution < 1.29 is 14.3 Å². The van der Waals surface area contributed by atoms with Crippen molar-refractivity contribution in [2.45, 2.75) is 33.2 Å². The second-order valence-corrected chi connectivity index (χ2v) is 8.96. The first-order valence-corrected chi connectivity index (χ1v) is 10.9. The van der Waals surface area contributed by atoms with E-state index in [9.17, 15) is 4.79 Å². The van der Waals surface area contributed by atoms with E-state index in [-0.39, 0.29) is 12.1 Å². The molecule has 0 amide bonds. The van der Waals surface area contributed by atoms with Crippen LogP contribution in [0.25, 0.3) is 22.2 Å². The van der Waals surface area contributed by atoms with E-state index in [2.05, 4.69) is 30.7 Å². The lowest BCUT2D eigenvalue weighted by molar-refractivity contribution is 0.0527. The summed E-state index contributed by atoms with van der Waals surface area (Å²) in [5.41, 5.74) is 8.45. The molecule has 33 heavy (non-hydrogen) atoms. The molecule has 2 N–H and O–H groups in total. The van der Waals surface area contributed by atoms with Crippen molar-refractivity contribution in [2.24, 2.45) is 0 Å². The zero-order valence-electron chi connectivity index (χ0n) is 18.9. The Kier molecular flexibility index (Phi) is 5.99. The Labute approximate surface area is 197 Å². The number of carbonyl (C=O) groups excluding carboxylic acids is 1. The molecular formula is C25H25ClN4O3. The molecule has 0 aliphatic heterocycles. The number of ether oxygens (including phenoxy) is 2. The van der Waals surface area contributed by atoms with Gasteiger partial charge in [-0.25, -0.2) is 14.8 Å². The number of nitrogens with two attached hydrogens (primary N) is 1. The Balaban J connectivity index is 1.90. The van der Waals surface area contributed by atoms with Crippen LogP contribution in [-0.2, 0) is 10.3 Å². The van der Waals surface area contributed by atoms with Gasteiger partial charge in [-0.3, -0.25) is 0 Å². The molecular weight excluding hydrogens is 440 g/mol. The van der Waals surface area contributed by atoms with Gasteiger partial charge in [0.05, 0.1) is 17.6 Å². The highest BCUT2D eigenvalue weighted by Crippen LogP contribution is 2.39. The van der Waals surface area contributed by atoms with Gasteiger partial charge in [0.15, 0.2) is 0 Å². The van der Waals surface area contributed by atoms with Gasteiger partial charge in [-0.1, -0.05) is 17.7 Å². The van der Waals surface area contributed by atoms with Crippen LogP contribution in [0.4, 0.5) is 5.82 Å². The normalized spacial score (nSPS) is 11.5.